The van der Waals surface area contributed by atoms with Gasteiger partial charge in [-0.05, 0) is 51.4 Å². The number of hydrogen-bond donors (Lipinski definition) is 1. The Hall–Kier alpha value is -1.15. The van der Waals surface area contributed by atoms with E-state index in [0.717, 1.165) is 57.7 Å². The minimum absolute atomic E-state index is 0.0887. The summed E-state index contributed by atoms with van der Waals surface area (Å²) in [4.78, 5) is 28.7. The molecule has 3 rings (SSSR count). The van der Waals surface area contributed by atoms with E-state index in [0.29, 0.717) is 25.4 Å². The first-order valence-electron chi connectivity index (χ1n) is 9.42. The average Bonchev–Trinajstić information content (AvgIpc) is 2.56. The third-order valence-corrected chi connectivity index (χ3v) is 6.45. The Bertz CT molecular complexity index is 613. The maximum Gasteiger partial charge on any atom is 0.240 e. The molecule has 8 heteroatoms. The second-order valence-corrected chi connectivity index (χ2v) is 9.40. The van der Waals surface area contributed by atoms with Crippen LogP contribution in [0, 0.1) is 0 Å². The van der Waals surface area contributed by atoms with Crippen molar-refractivity contribution in [3.05, 3.63) is 0 Å². The molecule has 2 saturated heterocycles. The maximum absolute atomic E-state index is 12.7. The predicted molar refractivity (Wildman–Crippen MR) is 94.3 cm³/mol. The molecule has 142 valence electrons. The van der Waals surface area contributed by atoms with E-state index < -0.39 is 16.1 Å². The van der Waals surface area contributed by atoms with Crippen LogP contribution in [0.1, 0.15) is 57.8 Å². The van der Waals surface area contributed by atoms with Gasteiger partial charge in [-0.3, -0.25) is 9.59 Å². The van der Waals surface area contributed by atoms with Crippen molar-refractivity contribution < 1.29 is 18.0 Å². The van der Waals surface area contributed by atoms with E-state index in [1.807, 2.05) is 9.80 Å². The standard InChI is InChI=1S/C17H29N3O4S/c1-25(23,24)18-15-5-4-12-20(17(15)22)14-9-7-13(8-10-14)19-11-3-2-6-16(19)21/h13-15,18H,2-12H2,1H3/t13?,14?,15-/m0/s1. The highest BCUT2D eigenvalue weighted by atomic mass is 32.2. The molecule has 0 unspecified atom stereocenters. The summed E-state index contributed by atoms with van der Waals surface area (Å²) in [6, 6.07) is -0.133. The summed E-state index contributed by atoms with van der Waals surface area (Å²) in [5.41, 5.74) is 0. The second-order valence-electron chi connectivity index (χ2n) is 7.62. The van der Waals surface area contributed by atoms with E-state index in [1.165, 1.54) is 0 Å². The van der Waals surface area contributed by atoms with Gasteiger partial charge < -0.3 is 9.80 Å². The first kappa shape index (κ1) is 18.6. The van der Waals surface area contributed by atoms with Crippen LogP contribution in [0.15, 0.2) is 0 Å². The smallest absolute Gasteiger partial charge is 0.240 e. The van der Waals surface area contributed by atoms with Crippen LogP contribution >= 0.6 is 0 Å². The average molecular weight is 372 g/mol. The van der Waals surface area contributed by atoms with Gasteiger partial charge in [0, 0.05) is 31.6 Å². The quantitative estimate of drug-likeness (QED) is 0.794. The monoisotopic (exact) mass is 371 g/mol. The van der Waals surface area contributed by atoms with Crippen LogP contribution in [-0.4, -0.2) is 67.5 Å². The van der Waals surface area contributed by atoms with E-state index in [9.17, 15) is 18.0 Å². The van der Waals surface area contributed by atoms with Gasteiger partial charge in [0.25, 0.3) is 0 Å². The first-order chi connectivity index (χ1) is 11.8. The summed E-state index contributed by atoms with van der Waals surface area (Å²) in [5, 5.41) is 0. The molecule has 7 nitrogen and oxygen atoms in total. The van der Waals surface area contributed by atoms with Gasteiger partial charge in [0.2, 0.25) is 21.8 Å². The molecular formula is C17H29N3O4S. The molecular weight excluding hydrogens is 342 g/mol. The molecule has 3 aliphatic rings. The molecule has 2 heterocycles. The van der Waals surface area contributed by atoms with Crippen LogP contribution in [0.2, 0.25) is 0 Å². The molecule has 2 amide bonds. The maximum atomic E-state index is 12.7. The molecule has 0 radical (unpaired) electrons. The van der Waals surface area contributed by atoms with Crippen molar-refractivity contribution in [2.45, 2.75) is 75.9 Å². The normalized spacial score (nSPS) is 32.1. The molecule has 0 bridgehead atoms. The lowest BCUT2D eigenvalue weighted by molar-refractivity contribution is -0.141. The molecule has 2 aliphatic heterocycles. The summed E-state index contributed by atoms with van der Waals surface area (Å²) in [7, 11) is -3.38. The summed E-state index contributed by atoms with van der Waals surface area (Å²) in [5.74, 6) is 0.190. The highest BCUT2D eigenvalue weighted by molar-refractivity contribution is 7.88. The minimum atomic E-state index is -3.38. The van der Waals surface area contributed by atoms with Crippen LogP contribution in [0.4, 0.5) is 0 Å². The number of sulfonamides is 1. The van der Waals surface area contributed by atoms with Crippen LogP contribution in [0.5, 0.6) is 0 Å². The van der Waals surface area contributed by atoms with Crippen LogP contribution in [0.3, 0.4) is 0 Å². The Morgan fingerprint density at radius 2 is 1.48 bits per heavy atom. The molecule has 0 spiro atoms. The zero-order chi connectivity index (χ0) is 18.0. The largest absolute Gasteiger partial charge is 0.340 e. The Morgan fingerprint density at radius 1 is 0.880 bits per heavy atom. The van der Waals surface area contributed by atoms with Crippen molar-refractivity contribution in [1.29, 1.82) is 0 Å². The lowest BCUT2D eigenvalue weighted by Gasteiger charge is -2.44. The summed E-state index contributed by atoms with van der Waals surface area (Å²) in [6.45, 7) is 1.58. The van der Waals surface area contributed by atoms with Crippen molar-refractivity contribution in [1.82, 2.24) is 14.5 Å². The third-order valence-electron chi connectivity index (χ3n) is 5.74. The molecule has 0 aromatic rings. The van der Waals surface area contributed by atoms with Crippen LogP contribution in [-0.2, 0) is 19.6 Å². The number of nitrogens with one attached hydrogen (secondary N) is 1. The van der Waals surface area contributed by atoms with E-state index in [-0.39, 0.29) is 17.9 Å². The van der Waals surface area contributed by atoms with Gasteiger partial charge in [-0.15, -0.1) is 0 Å². The number of amides is 2. The molecule has 0 aromatic heterocycles. The van der Waals surface area contributed by atoms with E-state index >= 15 is 0 Å². The van der Waals surface area contributed by atoms with E-state index in [1.54, 1.807) is 0 Å². The van der Waals surface area contributed by atoms with Gasteiger partial charge in [-0.2, -0.15) is 0 Å². The Labute approximate surface area is 150 Å². The van der Waals surface area contributed by atoms with Gasteiger partial charge in [0.15, 0.2) is 0 Å². The van der Waals surface area contributed by atoms with E-state index in [4.69, 9.17) is 0 Å². The number of carbonyl (C=O) groups is 2. The fourth-order valence-electron chi connectivity index (χ4n) is 4.52. The number of rotatable bonds is 4. The Morgan fingerprint density at radius 3 is 2.08 bits per heavy atom. The van der Waals surface area contributed by atoms with Crippen molar-refractivity contribution in [3.8, 4) is 0 Å². The van der Waals surface area contributed by atoms with Crippen molar-refractivity contribution in [2.75, 3.05) is 19.3 Å². The lowest BCUT2D eigenvalue weighted by atomic mass is 9.87. The molecule has 1 aliphatic carbocycles. The Balaban J connectivity index is 1.56. The Kier molecular flexibility index (Phi) is 5.68. The van der Waals surface area contributed by atoms with Crippen molar-refractivity contribution in [3.63, 3.8) is 0 Å². The zero-order valence-electron chi connectivity index (χ0n) is 14.9. The molecule has 1 saturated carbocycles. The number of piperidine rings is 2. The summed E-state index contributed by atoms with van der Waals surface area (Å²) >= 11 is 0. The van der Waals surface area contributed by atoms with Crippen LogP contribution < -0.4 is 4.72 Å². The fourth-order valence-corrected chi connectivity index (χ4v) is 5.26. The predicted octanol–water partition coefficient (Wildman–Crippen LogP) is 0.850. The number of carbonyl (C=O) groups excluding carboxylic acids is 2. The fraction of sp³-hybridized carbons (Fsp3) is 0.882. The highest BCUT2D eigenvalue weighted by Crippen LogP contribution is 2.30. The lowest BCUT2D eigenvalue weighted by Crippen LogP contribution is -2.56. The SMILES string of the molecule is CS(=O)(=O)N[C@H]1CCCN(C2CCC(N3CCCCC3=O)CC2)C1=O. The molecule has 0 aromatic carbocycles. The van der Waals surface area contributed by atoms with E-state index in [2.05, 4.69) is 4.72 Å². The van der Waals surface area contributed by atoms with Gasteiger partial charge in [0.1, 0.15) is 6.04 Å². The van der Waals surface area contributed by atoms with Gasteiger partial charge in [-0.25, -0.2) is 13.1 Å². The van der Waals surface area contributed by atoms with Gasteiger partial charge >= 0.3 is 0 Å². The summed E-state index contributed by atoms with van der Waals surface area (Å²) in [6.07, 6.45) is 8.91. The van der Waals surface area contributed by atoms with Crippen molar-refractivity contribution in [2.24, 2.45) is 0 Å². The topological polar surface area (TPSA) is 86.8 Å². The number of likely N-dealkylation sites (tertiary alicyclic amines) is 2. The molecule has 1 atom stereocenters. The first-order valence-corrected chi connectivity index (χ1v) is 11.3. The molecule has 25 heavy (non-hydrogen) atoms. The highest BCUT2D eigenvalue weighted by Gasteiger charge is 2.37. The third kappa shape index (κ3) is 4.53. The molecule has 1 N–H and O–H groups in total. The molecule has 3 fully saturated rings. The van der Waals surface area contributed by atoms with Gasteiger partial charge in [0.05, 0.1) is 6.26 Å². The van der Waals surface area contributed by atoms with Crippen LogP contribution in [0.25, 0.3) is 0 Å². The number of hydrogen-bond acceptors (Lipinski definition) is 4. The summed E-state index contributed by atoms with van der Waals surface area (Å²) < 4.78 is 25.4. The van der Waals surface area contributed by atoms with Gasteiger partial charge in [-0.1, -0.05) is 0 Å². The zero-order valence-corrected chi connectivity index (χ0v) is 15.8. The second kappa shape index (κ2) is 7.61. The number of nitrogens with zero attached hydrogens (tertiary/aromatic N) is 2. The minimum Gasteiger partial charge on any atom is -0.340 e. The van der Waals surface area contributed by atoms with Crippen molar-refractivity contribution >= 4 is 21.8 Å².